The van der Waals surface area contributed by atoms with Gasteiger partial charge in [0.25, 0.3) is 0 Å². The Balaban J connectivity index is 0.000000861. The van der Waals surface area contributed by atoms with Gasteiger partial charge in [0.05, 0.1) is 13.2 Å². The van der Waals surface area contributed by atoms with E-state index in [-0.39, 0.29) is 0 Å². The Morgan fingerprint density at radius 1 is 1.26 bits per heavy atom. The molecule has 106 valence electrons. The molecule has 2 rings (SSSR count). The zero-order valence-corrected chi connectivity index (χ0v) is 12.9. The van der Waals surface area contributed by atoms with Gasteiger partial charge in [0.15, 0.2) is 0 Å². The number of hydrogen-bond acceptors (Lipinski definition) is 3. The van der Waals surface area contributed by atoms with Crippen molar-refractivity contribution in [3.05, 3.63) is 34.3 Å². The van der Waals surface area contributed by atoms with E-state index in [1.165, 1.54) is 0 Å². The van der Waals surface area contributed by atoms with Gasteiger partial charge in [-0.3, -0.25) is 9.69 Å². The molecule has 0 amide bonds. The van der Waals surface area contributed by atoms with E-state index in [0.717, 1.165) is 10.0 Å². The minimum Gasteiger partial charge on any atom is -0.480 e. The van der Waals surface area contributed by atoms with Crippen molar-refractivity contribution in [2.75, 3.05) is 26.3 Å². The minimum atomic E-state index is -0.811. The first-order valence-electron chi connectivity index (χ1n) is 6.48. The maximum Gasteiger partial charge on any atom is 0.325 e. The zero-order valence-electron chi connectivity index (χ0n) is 11.3. The summed E-state index contributed by atoms with van der Waals surface area (Å²) in [5.74, 6) is -0.811. The van der Waals surface area contributed by atoms with Crippen LogP contribution >= 0.6 is 15.9 Å². The van der Waals surface area contributed by atoms with Crippen molar-refractivity contribution < 1.29 is 14.6 Å². The molecule has 1 saturated heterocycles. The molecule has 1 fully saturated rings. The molecule has 1 unspecified atom stereocenters. The summed E-state index contributed by atoms with van der Waals surface area (Å²) >= 11 is 3.35. The Morgan fingerprint density at radius 2 is 1.79 bits per heavy atom. The lowest BCUT2D eigenvalue weighted by atomic mass is 10.1. The van der Waals surface area contributed by atoms with Gasteiger partial charge in [-0.25, -0.2) is 0 Å². The third-order valence-corrected chi connectivity index (χ3v) is 3.36. The summed E-state index contributed by atoms with van der Waals surface area (Å²) < 4.78 is 6.19. The SMILES string of the molecule is CC.O=C(O)C(c1ccc(Br)cc1)N1CCOCC1. The normalized spacial score (nSPS) is 17.2. The molecule has 0 radical (unpaired) electrons. The predicted octanol–water partition coefficient (Wildman–Crippen LogP) is 2.93. The van der Waals surface area contributed by atoms with Crippen LogP contribution in [0.1, 0.15) is 25.5 Å². The molecule has 0 saturated carbocycles. The minimum absolute atomic E-state index is 0.577. The maximum atomic E-state index is 11.4. The average molecular weight is 330 g/mol. The van der Waals surface area contributed by atoms with Crippen LogP contribution in [-0.4, -0.2) is 42.3 Å². The monoisotopic (exact) mass is 329 g/mol. The molecule has 1 heterocycles. The third-order valence-electron chi connectivity index (χ3n) is 2.83. The first-order chi connectivity index (χ1) is 9.18. The van der Waals surface area contributed by atoms with Crippen LogP contribution in [0, 0.1) is 0 Å². The molecule has 19 heavy (non-hydrogen) atoms. The van der Waals surface area contributed by atoms with Gasteiger partial charge >= 0.3 is 5.97 Å². The van der Waals surface area contributed by atoms with E-state index >= 15 is 0 Å². The van der Waals surface area contributed by atoms with Crippen molar-refractivity contribution in [2.45, 2.75) is 19.9 Å². The van der Waals surface area contributed by atoms with Crippen molar-refractivity contribution in [3.8, 4) is 0 Å². The molecule has 0 spiro atoms. The van der Waals surface area contributed by atoms with Crippen LogP contribution in [0.15, 0.2) is 28.7 Å². The highest BCUT2D eigenvalue weighted by Crippen LogP contribution is 2.23. The lowest BCUT2D eigenvalue weighted by molar-refractivity contribution is -0.145. The molecule has 0 bridgehead atoms. The first-order valence-corrected chi connectivity index (χ1v) is 7.28. The van der Waals surface area contributed by atoms with Crippen LogP contribution < -0.4 is 0 Å². The van der Waals surface area contributed by atoms with Gasteiger partial charge in [-0.1, -0.05) is 41.9 Å². The molecule has 5 heteroatoms. The second-order valence-corrected chi connectivity index (χ2v) is 4.86. The molecular weight excluding hydrogens is 310 g/mol. The number of carbonyl (C=O) groups is 1. The Bertz CT molecular complexity index is 388. The molecule has 1 atom stereocenters. The lowest BCUT2D eigenvalue weighted by Gasteiger charge is -2.32. The van der Waals surface area contributed by atoms with E-state index in [0.29, 0.717) is 26.3 Å². The van der Waals surface area contributed by atoms with Gasteiger partial charge in [0.2, 0.25) is 0 Å². The summed E-state index contributed by atoms with van der Waals surface area (Å²) in [4.78, 5) is 13.3. The predicted molar refractivity (Wildman–Crippen MR) is 78.3 cm³/mol. The van der Waals surface area contributed by atoms with Crippen molar-refractivity contribution in [1.82, 2.24) is 4.90 Å². The number of carboxylic acids is 1. The summed E-state index contributed by atoms with van der Waals surface area (Å²) in [5.41, 5.74) is 0.808. The van der Waals surface area contributed by atoms with Crippen molar-refractivity contribution in [3.63, 3.8) is 0 Å². The number of halogens is 1. The maximum absolute atomic E-state index is 11.4. The van der Waals surface area contributed by atoms with Crippen LogP contribution in [0.3, 0.4) is 0 Å². The number of nitrogens with zero attached hydrogens (tertiary/aromatic N) is 1. The molecule has 1 aliphatic rings. The zero-order chi connectivity index (χ0) is 14.3. The summed E-state index contributed by atoms with van der Waals surface area (Å²) in [5, 5.41) is 9.35. The number of ether oxygens (including phenoxy) is 1. The van der Waals surface area contributed by atoms with E-state index in [4.69, 9.17) is 4.74 Å². The number of carboxylic acid groups (broad SMARTS) is 1. The van der Waals surface area contributed by atoms with Crippen LogP contribution in [0.4, 0.5) is 0 Å². The third kappa shape index (κ3) is 4.60. The van der Waals surface area contributed by atoms with Gasteiger partial charge in [-0.2, -0.15) is 0 Å². The lowest BCUT2D eigenvalue weighted by Crippen LogP contribution is -2.42. The second-order valence-electron chi connectivity index (χ2n) is 3.94. The smallest absolute Gasteiger partial charge is 0.325 e. The molecule has 1 aromatic carbocycles. The molecule has 1 N–H and O–H groups in total. The van der Waals surface area contributed by atoms with E-state index in [2.05, 4.69) is 15.9 Å². The van der Waals surface area contributed by atoms with Gasteiger partial charge in [-0.05, 0) is 17.7 Å². The van der Waals surface area contributed by atoms with Gasteiger partial charge in [0.1, 0.15) is 6.04 Å². The van der Waals surface area contributed by atoms with E-state index in [1.807, 2.05) is 43.0 Å². The summed E-state index contributed by atoms with van der Waals surface area (Å²) in [6.45, 7) is 6.51. The number of rotatable bonds is 3. The van der Waals surface area contributed by atoms with Crippen LogP contribution in [0.2, 0.25) is 0 Å². The number of morpholine rings is 1. The van der Waals surface area contributed by atoms with Gasteiger partial charge in [-0.15, -0.1) is 0 Å². The highest BCUT2D eigenvalue weighted by molar-refractivity contribution is 9.10. The van der Waals surface area contributed by atoms with Crippen LogP contribution in [0.5, 0.6) is 0 Å². The van der Waals surface area contributed by atoms with Gasteiger partial charge < -0.3 is 9.84 Å². The summed E-state index contributed by atoms with van der Waals surface area (Å²) in [7, 11) is 0. The molecule has 0 aromatic heterocycles. The quantitative estimate of drug-likeness (QED) is 0.926. The van der Waals surface area contributed by atoms with Crippen LogP contribution in [0.25, 0.3) is 0 Å². The fourth-order valence-electron chi connectivity index (χ4n) is 1.99. The van der Waals surface area contributed by atoms with Crippen molar-refractivity contribution in [2.24, 2.45) is 0 Å². The Kier molecular flexibility index (Phi) is 7.05. The van der Waals surface area contributed by atoms with Crippen LogP contribution in [-0.2, 0) is 9.53 Å². The standard InChI is InChI=1S/C12H14BrNO3.C2H6/c13-10-3-1-9(2-4-10)11(12(15)16)14-5-7-17-8-6-14;1-2/h1-4,11H,5-8H2,(H,15,16);1-2H3. The summed E-state index contributed by atoms with van der Waals surface area (Å²) in [6, 6.07) is 6.85. The molecule has 0 aliphatic carbocycles. The largest absolute Gasteiger partial charge is 0.480 e. The summed E-state index contributed by atoms with van der Waals surface area (Å²) in [6.07, 6.45) is 0. The van der Waals surface area contributed by atoms with E-state index in [1.54, 1.807) is 0 Å². The van der Waals surface area contributed by atoms with E-state index in [9.17, 15) is 9.90 Å². The van der Waals surface area contributed by atoms with Gasteiger partial charge in [0, 0.05) is 17.6 Å². The molecule has 4 nitrogen and oxygen atoms in total. The average Bonchev–Trinajstić information content (AvgIpc) is 2.44. The number of aliphatic carboxylic acids is 1. The Labute approximate surface area is 122 Å². The van der Waals surface area contributed by atoms with E-state index < -0.39 is 12.0 Å². The Morgan fingerprint density at radius 3 is 2.26 bits per heavy atom. The second kappa shape index (κ2) is 8.30. The molecule has 1 aliphatic heterocycles. The van der Waals surface area contributed by atoms with Crippen molar-refractivity contribution in [1.29, 1.82) is 0 Å². The highest BCUT2D eigenvalue weighted by Gasteiger charge is 2.28. The number of hydrogen-bond donors (Lipinski definition) is 1. The fraction of sp³-hybridized carbons (Fsp3) is 0.500. The Hall–Kier alpha value is -0.910. The first kappa shape index (κ1) is 16.1. The highest BCUT2D eigenvalue weighted by atomic mass is 79.9. The van der Waals surface area contributed by atoms with Crippen molar-refractivity contribution >= 4 is 21.9 Å². The topological polar surface area (TPSA) is 49.8 Å². The molecule has 1 aromatic rings. The molecular formula is C14H20BrNO3. The number of benzene rings is 1. The fourth-order valence-corrected chi connectivity index (χ4v) is 2.25.